The first-order chi connectivity index (χ1) is 6.54. The fourth-order valence-electron chi connectivity index (χ4n) is 0.999. The molecule has 0 radical (unpaired) electrons. The summed E-state index contributed by atoms with van der Waals surface area (Å²) < 4.78 is 13.0. The number of hydrogen-bond acceptors (Lipinski definition) is 1. The summed E-state index contributed by atoms with van der Waals surface area (Å²) in [6.45, 7) is 0. The van der Waals surface area contributed by atoms with Crippen LogP contribution in [0.25, 0.3) is 0 Å². The largest absolute Gasteiger partial charge is 0.302 e. The smallest absolute Gasteiger partial charge is 0.160 e. The average molecular weight is 256 g/mol. The third-order valence-electron chi connectivity index (χ3n) is 1.62. The zero-order chi connectivity index (χ0) is 10.7. The van der Waals surface area contributed by atoms with Crippen LogP contribution in [-0.4, -0.2) is 11.7 Å². The maximum atomic E-state index is 13.0. The molecular formula is C9H6Cl3FO. The predicted molar refractivity (Wildman–Crippen MR) is 55.8 cm³/mol. The van der Waals surface area contributed by atoms with Crippen LogP contribution >= 0.6 is 34.8 Å². The molecule has 0 N–H and O–H groups in total. The average Bonchev–Trinajstić information content (AvgIpc) is 2.14. The minimum atomic E-state index is -0.658. The molecular weight excluding hydrogens is 249 g/mol. The van der Waals surface area contributed by atoms with E-state index in [2.05, 4.69) is 0 Å². The van der Waals surface area contributed by atoms with Crippen LogP contribution < -0.4 is 0 Å². The molecule has 0 aliphatic heterocycles. The van der Waals surface area contributed by atoms with Gasteiger partial charge >= 0.3 is 0 Å². The maximum absolute atomic E-state index is 13.0. The standard InChI is InChI=1S/C9H6Cl3FO/c10-6(4-14)1-5-2-7(11)9(13)8(12)3-5/h2-4,6H,1H2. The van der Waals surface area contributed by atoms with Gasteiger partial charge in [-0.05, 0) is 24.1 Å². The summed E-state index contributed by atoms with van der Waals surface area (Å²) in [5, 5.41) is -0.780. The number of carbonyl (C=O) groups excluding carboxylic acids is 1. The molecule has 1 atom stereocenters. The van der Waals surface area contributed by atoms with Crippen molar-refractivity contribution in [3.8, 4) is 0 Å². The first kappa shape index (κ1) is 11.8. The molecule has 1 rings (SSSR count). The van der Waals surface area contributed by atoms with E-state index in [-0.39, 0.29) is 16.5 Å². The van der Waals surface area contributed by atoms with Crippen molar-refractivity contribution < 1.29 is 9.18 Å². The van der Waals surface area contributed by atoms with E-state index in [9.17, 15) is 9.18 Å². The van der Waals surface area contributed by atoms with E-state index in [0.29, 0.717) is 11.8 Å². The van der Waals surface area contributed by atoms with Crippen molar-refractivity contribution in [3.63, 3.8) is 0 Å². The van der Waals surface area contributed by atoms with Gasteiger partial charge in [0.1, 0.15) is 6.29 Å². The molecule has 0 saturated heterocycles. The Morgan fingerprint density at radius 3 is 2.29 bits per heavy atom. The fraction of sp³-hybridized carbons (Fsp3) is 0.222. The van der Waals surface area contributed by atoms with Gasteiger partial charge in [-0.25, -0.2) is 4.39 Å². The van der Waals surface area contributed by atoms with E-state index < -0.39 is 11.2 Å². The second-order valence-corrected chi connectivity index (χ2v) is 4.10. The number of benzene rings is 1. The van der Waals surface area contributed by atoms with Crippen LogP contribution in [0.15, 0.2) is 12.1 Å². The lowest BCUT2D eigenvalue weighted by Gasteiger charge is -2.05. The van der Waals surface area contributed by atoms with Crippen molar-refractivity contribution in [2.24, 2.45) is 0 Å². The highest BCUT2D eigenvalue weighted by molar-refractivity contribution is 6.35. The van der Waals surface area contributed by atoms with Gasteiger partial charge in [-0.15, -0.1) is 11.6 Å². The van der Waals surface area contributed by atoms with Crippen molar-refractivity contribution in [1.29, 1.82) is 0 Å². The van der Waals surface area contributed by atoms with Crippen LogP contribution in [0.4, 0.5) is 4.39 Å². The minimum Gasteiger partial charge on any atom is -0.302 e. The molecule has 0 aliphatic carbocycles. The van der Waals surface area contributed by atoms with Crippen LogP contribution in [0.2, 0.25) is 10.0 Å². The molecule has 1 aromatic rings. The van der Waals surface area contributed by atoms with Gasteiger partial charge in [0.2, 0.25) is 0 Å². The first-order valence-corrected chi connectivity index (χ1v) is 4.96. The van der Waals surface area contributed by atoms with Crippen molar-refractivity contribution in [1.82, 2.24) is 0 Å². The summed E-state index contributed by atoms with van der Waals surface area (Å²) in [4.78, 5) is 10.3. The van der Waals surface area contributed by atoms with E-state index >= 15 is 0 Å². The zero-order valence-corrected chi connectivity index (χ0v) is 9.20. The molecule has 1 nitrogen and oxygen atoms in total. The Labute approximate surface area is 95.8 Å². The highest BCUT2D eigenvalue weighted by atomic mass is 35.5. The van der Waals surface area contributed by atoms with Crippen molar-refractivity contribution in [2.45, 2.75) is 11.8 Å². The van der Waals surface area contributed by atoms with Gasteiger partial charge in [0.05, 0.1) is 15.4 Å². The molecule has 0 spiro atoms. The Bertz CT molecular complexity index is 331. The van der Waals surface area contributed by atoms with Crippen LogP contribution in [0, 0.1) is 5.82 Å². The predicted octanol–water partition coefficient (Wildman–Crippen LogP) is 3.48. The van der Waals surface area contributed by atoms with Crippen molar-refractivity contribution >= 4 is 41.1 Å². The number of hydrogen-bond donors (Lipinski definition) is 0. The first-order valence-electron chi connectivity index (χ1n) is 3.77. The van der Waals surface area contributed by atoms with Gasteiger partial charge in [0, 0.05) is 0 Å². The molecule has 1 aromatic carbocycles. The normalized spacial score (nSPS) is 12.6. The van der Waals surface area contributed by atoms with Crippen molar-refractivity contribution in [2.75, 3.05) is 0 Å². The van der Waals surface area contributed by atoms with Gasteiger partial charge in [-0.2, -0.15) is 0 Å². The molecule has 0 bridgehead atoms. The third kappa shape index (κ3) is 2.84. The van der Waals surface area contributed by atoms with Crippen LogP contribution in [0.1, 0.15) is 5.56 Å². The van der Waals surface area contributed by atoms with Crippen LogP contribution in [-0.2, 0) is 11.2 Å². The van der Waals surface area contributed by atoms with Gasteiger partial charge in [-0.1, -0.05) is 23.2 Å². The van der Waals surface area contributed by atoms with E-state index in [4.69, 9.17) is 34.8 Å². The van der Waals surface area contributed by atoms with Crippen LogP contribution in [0.5, 0.6) is 0 Å². The van der Waals surface area contributed by atoms with E-state index in [1.165, 1.54) is 12.1 Å². The Balaban J connectivity index is 2.95. The second-order valence-electron chi connectivity index (χ2n) is 2.73. The molecule has 0 heterocycles. The highest BCUT2D eigenvalue weighted by Crippen LogP contribution is 2.25. The van der Waals surface area contributed by atoms with Crippen LogP contribution in [0.3, 0.4) is 0 Å². The quantitative estimate of drug-likeness (QED) is 0.459. The molecule has 0 aromatic heterocycles. The Kier molecular flexibility index (Phi) is 4.17. The summed E-state index contributed by atoms with van der Waals surface area (Å²) in [7, 11) is 0. The Morgan fingerprint density at radius 2 is 1.86 bits per heavy atom. The zero-order valence-electron chi connectivity index (χ0n) is 6.94. The summed E-state index contributed by atoms with van der Waals surface area (Å²) >= 11 is 16.7. The Morgan fingerprint density at radius 1 is 1.36 bits per heavy atom. The summed E-state index contributed by atoms with van der Waals surface area (Å²) in [5.74, 6) is -0.658. The summed E-state index contributed by atoms with van der Waals surface area (Å²) in [5.41, 5.74) is 0.633. The van der Waals surface area contributed by atoms with E-state index in [1.807, 2.05) is 0 Å². The molecule has 0 fully saturated rings. The van der Waals surface area contributed by atoms with Gasteiger partial charge in [0.25, 0.3) is 0 Å². The lowest BCUT2D eigenvalue weighted by molar-refractivity contribution is -0.107. The van der Waals surface area contributed by atoms with Gasteiger partial charge in [-0.3, -0.25) is 0 Å². The fourth-order valence-corrected chi connectivity index (χ4v) is 1.71. The number of alkyl halides is 1. The number of rotatable bonds is 3. The molecule has 0 amide bonds. The molecule has 0 aliphatic rings. The molecule has 76 valence electrons. The molecule has 0 saturated carbocycles. The number of halogens is 4. The van der Waals surface area contributed by atoms with E-state index in [0.717, 1.165) is 0 Å². The van der Waals surface area contributed by atoms with Gasteiger partial charge in [0.15, 0.2) is 5.82 Å². The number of aldehydes is 1. The van der Waals surface area contributed by atoms with Gasteiger partial charge < -0.3 is 4.79 Å². The van der Waals surface area contributed by atoms with E-state index in [1.54, 1.807) is 0 Å². The summed E-state index contributed by atoms with van der Waals surface area (Å²) in [6, 6.07) is 2.81. The Hall–Kier alpha value is -0.310. The monoisotopic (exact) mass is 254 g/mol. The lowest BCUT2D eigenvalue weighted by atomic mass is 10.1. The minimum absolute atomic E-state index is 0.0673. The molecule has 1 unspecified atom stereocenters. The lowest BCUT2D eigenvalue weighted by Crippen LogP contribution is -2.04. The SMILES string of the molecule is O=CC(Cl)Cc1cc(Cl)c(F)c(Cl)c1. The highest BCUT2D eigenvalue weighted by Gasteiger charge is 2.10. The summed E-state index contributed by atoms with van der Waals surface area (Å²) in [6.07, 6.45) is 0.886. The molecule has 5 heteroatoms. The molecule has 14 heavy (non-hydrogen) atoms. The second kappa shape index (κ2) is 4.96. The maximum Gasteiger partial charge on any atom is 0.160 e. The third-order valence-corrected chi connectivity index (χ3v) is 2.43. The number of carbonyl (C=O) groups is 1. The topological polar surface area (TPSA) is 17.1 Å². The van der Waals surface area contributed by atoms with Crippen molar-refractivity contribution in [3.05, 3.63) is 33.6 Å².